The number of hydrogen-bond acceptors (Lipinski definition) is 3. The number of nitrogens with zero attached hydrogens (tertiary/aromatic N) is 2. The molecule has 0 saturated carbocycles. The lowest BCUT2D eigenvalue weighted by atomic mass is 10.2. The van der Waals surface area contributed by atoms with Gasteiger partial charge in [-0.2, -0.15) is 11.8 Å². The van der Waals surface area contributed by atoms with Crippen LogP contribution in [0.15, 0.2) is 4.99 Å². The van der Waals surface area contributed by atoms with Gasteiger partial charge in [0, 0.05) is 31.4 Å². The summed E-state index contributed by atoms with van der Waals surface area (Å²) in [6, 6.07) is 0.633. The van der Waals surface area contributed by atoms with E-state index in [0.29, 0.717) is 6.04 Å². The van der Waals surface area contributed by atoms with E-state index in [4.69, 9.17) is 4.99 Å². The fourth-order valence-electron chi connectivity index (χ4n) is 2.62. The van der Waals surface area contributed by atoms with Gasteiger partial charge < -0.3 is 10.6 Å². The van der Waals surface area contributed by atoms with Crippen molar-refractivity contribution in [3.63, 3.8) is 0 Å². The molecular weight excluding hydrogens is 395 g/mol. The minimum absolute atomic E-state index is 0. The highest BCUT2D eigenvalue weighted by atomic mass is 127. The second-order valence-corrected chi connectivity index (χ2v) is 6.81. The van der Waals surface area contributed by atoms with Crippen molar-refractivity contribution in [2.75, 3.05) is 44.7 Å². The van der Waals surface area contributed by atoms with Crippen molar-refractivity contribution >= 4 is 41.7 Å². The first-order valence-electron chi connectivity index (χ1n) is 7.92. The molecule has 6 heteroatoms. The number of guanidine groups is 1. The molecule has 0 unspecified atom stereocenters. The maximum Gasteiger partial charge on any atom is 0.191 e. The summed E-state index contributed by atoms with van der Waals surface area (Å²) in [5.74, 6) is 2.83. The highest BCUT2D eigenvalue weighted by Gasteiger charge is 2.24. The van der Waals surface area contributed by atoms with Crippen molar-refractivity contribution in [2.24, 2.45) is 10.9 Å². The summed E-state index contributed by atoms with van der Waals surface area (Å²) in [5.41, 5.74) is 0. The molecule has 0 aromatic carbocycles. The van der Waals surface area contributed by atoms with Gasteiger partial charge in [0.25, 0.3) is 0 Å². The molecule has 0 aliphatic carbocycles. The first-order chi connectivity index (χ1) is 9.67. The Morgan fingerprint density at radius 3 is 2.76 bits per heavy atom. The Bertz CT molecular complexity index is 287. The Labute approximate surface area is 152 Å². The summed E-state index contributed by atoms with van der Waals surface area (Å²) in [6.07, 6.45) is 4.75. The lowest BCUT2D eigenvalue weighted by Gasteiger charge is -2.25. The monoisotopic (exact) mass is 428 g/mol. The molecule has 1 atom stereocenters. The zero-order chi connectivity index (χ0) is 14.8. The molecule has 0 spiro atoms. The second kappa shape index (κ2) is 12.8. The molecule has 1 fully saturated rings. The number of halogens is 1. The molecular formula is C15H33IN4S. The maximum absolute atomic E-state index is 4.77. The van der Waals surface area contributed by atoms with Crippen LogP contribution < -0.4 is 10.6 Å². The molecule has 0 aromatic heterocycles. The second-order valence-electron chi connectivity index (χ2n) is 5.82. The molecule has 0 radical (unpaired) electrons. The van der Waals surface area contributed by atoms with Crippen LogP contribution in [0, 0.1) is 5.92 Å². The van der Waals surface area contributed by atoms with Crippen LogP contribution in [0.4, 0.5) is 0 Å². The van der Waals surface area contributed by atoms with Gasteiger partial charge in [-0.25, -0.2) is 0 Å². The first-order valence-corrected chi connectivity index (χ1v) is 9.31. The predicted molar refractivity (Wildman–Crippen MR) is 107 cm³/mol. The Kier molecular flexibility index (Phi) is 13.0. The van der Waals surface area contributed by atoms with E-state index in [0.717, 1.165) is 37.3 Å². The van der Waals surface area contributed by atoms with Crippen molar-refractivity contribution < 1.29 is 0 Å². The largest absolute Gasteiger partial charge is 0.357 e. The lowest BCUT2D eigenvalue weighted by molar-refractivity contribution is 0.231. The van der Waals surface area contributed by atoms with E-state index in [1.165, 1.54) is 25.9 Å². The van der Waals surface area contributed by atoms with Crippen molar-refractivity contribution in [2.45, 2.75) is 39.7 Å². The van der Waals surface area contributed by atoms with Crippen LogP contribution in [-0.2, 0) is 0 Å². The van der Waals surface area contributed by atoms with Crippen LogP contribution in [0.3, 0.4) is 0 Å². The van der Waals surface area contributed by atoms with Crippen LogP contribution in [0.25, 0.3) is 0 Å². The number of nitrogens with one attached hydrogen (secondary N) is 2. The molecule has 0 aromatic rings. The quantitative estimate of drug-likeness (QED) is 0.270. The predicted octanol–water partition coefficient (Wildman–Crippen LogP) is 2.64. The number of likely N-dealkylation sites (tertiary alicyclic amines) is 1. The Morgan fingerprint density at radius 1 is 1.38 bits per heavy atom. The molecule has 1 saturated heterocycles. The first kappa shape index (κ1) is 21.3. The summed E-state index contributed by atoms with van der Waals surface area (Å²) in [6.45, 7) is 12.0. The van der Waals surface area contributed by atoms with Crippen LogP contribution in [0.2, 0.25) is 0 Å². The molecule has 0 amide bonds. The van der Waals surface area contributed by atoms with Gasteiger partial charge in [0.05, 0.1) is 6.54 Å². The van der Waals surface area contributed by atoms with Gasteiger partial charge in [-0.15, -0.1) is 24.0 Å². The third-order valence-corrected chi connectivity index (χ3v) is 4.11. The van der Waals surface area contributed by atoms with E-state index in [2.05, 4.69) is 42.6 Å². The Hall–Kier alpha value is 0.310. The van der Waals surface area contributed by atoms with E-state index < -0.39 is 0 Å². The third kappa shape index (κ3) is 9.13. The van der Waals surface area contributed by atoms with Gasteiger partial charge in [-0.05, 0) is 38.5 Å². The summed E-state index contributed by atoms with van der Waals surface area (Å²) >= 11 is 1.86. The van der Waals surface area contributed by atoms with E-state index in [9.17, 15) is 0 Å². The fraction of sp³-hybridized carbons (Fsp3) is 0.933. The zero-order valence-corrected chi connectivity index (χ0v) is 17.2. The average Bonchev–Trinajstić information content (AvgIpc) is 2.82. The van der Waals surface area contributed by atoms with E-state index in [-0.39, 0.29) is 24.0 Å². The molecule has 1 aliphatic rings. The Balaban J connectivity index is 0.00000400. The van der Waals surface area contributed by atoms with E-state index in [1.807, 2.05) is 11.8 Å². The summed E-state index contributed by atoms with van der Waals surface area (Å²) in [4.78, 5) is 7.38. The molecule has 21 heavy (non-hydrogen) atoms. The molecule has 0 bridgehead atoms. The van der Waals surface area contributed by atoms with E-state index >= 15 is 0 Å². The minimum atomic E-state index is 0. The summed E-state index contributed by atoms with van der Waals surface area (Å²) in [5, 5.41) is 6.73. The molecule has 1 heterocycles. The van der Waals surface area contributed by atoms with E-state index in [1.54, 1.807) is 0 Å². The lowest BCUT2D eigenvalue weighted by Crippen LogP contribution is -2.40. The molecule has 1 rings (SSSR count). The number of hydrogen-bond donors (Lipinski definition) is 2. The van der Waals surface area contributed by atoms with Crippen molar-refractivity contribution in [1.82, 2.24) is 15.5 Å². The smallest absolute Gasteiger partial charge is 0.191 e. The van der Waals surface area contributed by atoms with Crippen LogP contribution in [0.1, 0.15) is 33.6 Å². The Morgan fingerprint density at radius 2 is 2.14 bits per heavy atom. The van der Waals surface area contributed by atoms with Crippen molar-refractivity contribution in [3.05, 3.63) is 0 Å². The topological polar surface area (TPSA) is 39.7 Å². The normalized spacial score (nSPS) is 19.7. The van der Waals surface area contributed by atoms with Gasteiger partial charge in [-0.1, -0.05) is 13.8 Å². The van der Waals surface area contributed by atoms with Gasteiger partial charge in [0.1, 0.15) is 0 Å². The molecule has 4 nitrogen and oxygen atoms in total. The minimum Gasteiger partial charge on any atom is -0.357 e. The van der Waals surface area contributed by atoms with Crippen LogP contribution in [-0.4, -0.2) is 61.6 Å². The number of rotatable bonds is 8. The highest BCUT2D eigenvalue weighted by molar-refractivity contribution is 14.0. The maximum atomic E-state index is 4.77. The molecule has 1 aliphatic heterocycles. The average molecular weight is 428 g/mol. The molecule has 126 valence electrons. The van der Waals surface area contributed by atoms with Gasteiger partial charge in [-0.3, -0.25) is 9.89 Å². The third-order valence-electron chi connectivity index (χ3n) is 3.50. The SMILES string of the molecule is CCNC(=NC[C@H]1CCCN1CC(C)C)NCCSC.I. The summed E-state index contributed by atoms with van der Waals surface area (Å²) < 4.78 is 0. The highest BCUT2D eigenvalue weighted by Crippen LogP contribution is 2.18. The van der Waals surface area contributed by atoms with Crippen molar-refractivity contribution in [3.8, 4) is 0 Å². The zero-order valence-electron chi connectivity index (χ0n) is 14.0. The summed E-state index contributed by atoms with van der Waals surface area (Å²) in [7, 11) is 0. The van der Waals surface area contributed by atoms with Gasteiger partial charge in [0.15, 0.2) is 5.96 Å². The fourth-order valence-corrected chi connectivity index (χ4v) is 2.93. The van der Waals surface area contributed by atoms with Crippen LogP contribution >= 0.6 is 35.7 Å². The van der Waals surface area contributed by atoms with Crippen molar-refractivity contribution in [1.29, 1.82) is 0 Å². The number of thioether (sulfide) groups is 1. The van der Waals surface area contributed by atoms with Crippen LogP contribution in [0.5, 0.6) is 0 Å². The van der Waals surface area contributed by atoms with Gasteiger partial charge >= 0.3 is 0 Å². The van der Waals surface area contributed by atoms with Gasteiger partial charge in [0.2, 0.25) is 0 Å². The standard InChI is InChI=1S/C15H32N4S.HI/c1-5-16-15(17-8-10-20-4)18-11-14-7-6-9-19(14)12-13(2)3;/h13-14H,5-12H2,1-4H3,(H2,16,17,18);1H/t14-;/m1./s1. The number of aliphatic imine (C=N–C) groups is 1. The molecule has 2 N–H and O–H groups in total.